The summed E-state index contributed by atoms with van der Waals surface area (Å²) in [6, 6.07) is 0. The van der Waals surface area contributed by atoms with Gasteiger partial charge >= 0.3 is 108 Å². The first-order valence-corrected chi connectivity index (χ1v) is 11.2. The Labute approximate surface area is 108 Å². The summed E-state index contributed by atoms with van der Waals surface area (Å²) in [7, 11) is 0. The number of hydrogen-bond acceptors (Lipinski definition) is 0. The maximum absolute atomic E-state index is 2.30. The Morgan fingerprint density at radius 1 is 0.533 bits per heavy atom. The van der Waals surface area contributed by atoms with Crippen LogP contribution >= 0.6 is 0 Å². The summed E-state index contributed by atoms with van der Waals surface area (Å²) < 4.78 is 3.31. The average Bonchev–Trinajstić information content (AvgIpc) is 2.26. The van der Waals surface area contributed by atoms with Gasteiger partial charge in [0.25, 0.3) is 0 Å². The second-order valence-corrected chi connectivity index (χ2v) is 8.86. The zero-order chi connectivity index (χ0) is 11.2. The van der Waals surface area contributed by atoms with E-state index in [4.69, 9.17) is 0 Å². The van der Waals surface area contributed by atoms with Crippen LogP contribution in [-0.4, -0.2) is 21.1 Å². The standard InChI is InChI=1S/2C7H15.Sn/c2*1-3-5-7-6-4-2;/h2*1,3-7H2,2H3;/q;;+2. The quantitative estimate of drug-likeness (QED) is 0.331. The van der Waals surface area contributed by atoms with E-state index in [0.717, 1.165) is 0 Å². The van der Waals surface area contributed by atoms with Gasteiger partial charge in [-0.2, -0.15) is 0 Å². The van der Waals surface area contributed by atoms with Crippen LogP contribution in [0.15, 0.2) is 0 Å². The van der Waals surface area contributed by atoms with E-state index in [1.807, 2.05) is 0 Å². The SMILES string of the molecule is CCCCCC[CH2][Sn+2][CH2]CCCCCC. The predicted octanol–water partition coefficient (Wildman–Crippen LogP) is 5.47. The fraction of sp³-hybridized carbons (Fsp3) is 1.00. The van der Waals surface area contributed by atoms with Crippen molar-refractivity contribution >= 4 is 21.1 Å². The second-order valence-electron chi connectivity index (χ2n) is 4.58. The van der Waals surface area contributed by atoms with Gasteiger partial charge in [0, 0.05) is 0 Å². The zero-order valence-electron chi connectivity index (χ0n) is 11.0. The van der Waals surface area contributed by atoms with Gasteiger partial charge in [-0.25, -0.2) is 0 Å². The summed E-state index contributed by atoms with van der Waals surface area (Å²) in [5.41, 5.74) is 0. The van der Waals surface area contributed by atoms with Gasteiger partial charge in [0.1, 0.15) is 0 Å². The molecule has 0 aromatic rings. The van der Waals surface area contributed by atoms with Crippen molar-refractivity contribution in [3.05, 3.63) is 0 Å². The number of rotatable bonds is 12. The molecule has 0 N–H and O–H groups in total. The van der Waals surface area contributed by atoms with Crippen molar-refractivity contribution in [1.29, 1.82) is 0 Å². The van der Waals surface area contributed by atoms with E-state index in [0.29, 0.717) is 0 Å². The average molecular weight is 317 g/mol. The van der Waals surface area contributed by atoms with Gasteiger partial charge < -0.3 is 0 Å². The molecule has 0 aliphatic rings. The summed E-state index contributed by atoms with van der Waals surface area (Å²) in [5.74, 6) is 0. The Morgan fingerprint density at radius 3 is 1.33 bits per heavy atom. The molecule has 0 nitrogen and oxygen atoms in total. The molecule has 0 spiro atoms. The molecule has 0 aliphatic heterocycles. The van der Waals surface area contributed by atoms with Crippen LogP contribution in [0, 0.1) is 0 Å². The molecule has 0 fully saturated rings. The van der Waals surface area contributed by atoms with Gasteiger partial charge in [0.2, 0.25) is 0 Å². The van der Waals surface area contributed by atoms with Crippen LogP contribution in [0.3, 0.4) is 0 Å². The van der Waals surface area contributed by atoms with Crippen LogP contribution in [-0.2, 0) is 0 Å². The van der Waals surface area contributed by atoms with E-state index in [1.54, 1.807) is 21.7 Å². The van der Waals surface area contributed by atoms with Gasteiger partial charge in [-0.15, -0.1) is 0 Å². The monoisotopic (exact) mass is 318 g/mol. The minimum atomic E-state index is 0.0871. The molecule has 0 unspecified atom stereocenters. The van der Waals surface area contributed by atoms with Gasteiger partial charge in [-0.1, -0.05) is 0 Å². The summed E-state index contributed by atoms with van der Waals surface area (Å²) in [6.07, 6.45) is 14.8. The Bertz CT molecular complexity index is 89.5. The Balaban J connectivity index is 2.81. The van der Waals surface area contributed by atoms with Crippen molar-refractivity contribution in [2.24, 2.45) is 0 Å². The molecule has 88 valence electrons. The van der Waals surface area contributed by atoms with Crippen LogP contribution in [0.5, 0.6) is 0 Å². The molecule has 15 heavy (non-hydrogen) atoms. The summed E-state index contributed by atoms with van der Waals surface area (Å²) >= 11 is 0.0871. The number of hydrogen-bond donors (Lipinski definition) is 0. The molecule has 0 radical (unpaired) electrons. The van der Waals surface area contributed by atoms with Crippen LogP contribution < -0.4 is 0 Å². The van der Waals surface area contributed by atoms with Crippen molar-refractivity contribution in [3.63, 3.8) is 0 Å². The Hall–Kier alpha value is 0.799. The molecule has 0 heterocycles. The van der Waals surface area contributed by atoms with Crippen LogP contribution in [0.25, 0.3) is 0 Å². The van der Waals surface area contributed by atoms with E-state index >= 15 is 0 Å². The molecule has 0 saturated carbocycles. The minimum absolute atomic E-state index is 0.0871. The first kappa shape index (κ1) is 15.8. The molecule has 0 aromatic carbocycles. The van der Waals surface area contributed by atoms with Crippen LogP contribution in [0.2, 0.25) is 8.87 Å². The van der Waals surface area contributed by atoms with Crippen molar-refractivity contribution in [1.82, 2.24) is 0 Å². The topological polar surface area (TPSA) is 0 Å². The van der Waals surface area contributed by atoms with E-state index in [9.17, 15) is 0 Å². The maximum atomic E-state index is 2.30. The van der Waals surface area contributed by atoms with E-state index < -0.39 is 0 Å². The third-order valence-corrected chi connectivity index (χ3v) is 6.95. The molecule has 0 aliphatic carbocycles. The molecule has 0 saturated heterocycles. The summed E-state index contributed by atoms with van der Waals surface area (Å²) in [5, 5.41) is 0. The van der Waals surface area contributed by atoms with Crippen LogP contribution in [0.1, 0.15) is 78.1 Å². The number of unbranched alkanes of at least 4 members (excludes halogenated alkanes) is 8. The van der Waals surface area contributed by atoms with E-state index in [-0.39, 0.29) is 21.1 Å². The van der Waals surface area contributed by atoms with Gasteiger partial charge in [0.05, 0.1) is 0 Å². The van der Waals surface area contributed by atoms with Crippen molar-refractivity contribution in [3.8, 4) is 0 Å². The van der Waals surface area contributed by atoms with E-state index in [2.05, 4.69) is 13.8 Å². The molecule has 0 atom stereocenters. The molecular formula is C14H30Sn+2. The van der Waals surface area contributed by atoms with Crippen LogP contribution in [0.4, 0.5) is 0 Å². The molecular weight excluding hydrogens is 287 g/mol. The zero-order valence-corrected chi connectivity index (χ0v) is 13.8. The first-order chi connectivity index (χ1) is 7.41. The van der Waals surface area contributed by atoms with E-state index in [1.165, 1.54) is 51.4 Å². The normalized spacial score (nSPS) is 10.3. The van der Waals surface area contributed by atoms with Gasteiger partial charge in [-0.3, -0.25) is 0 Å². The van der Waals surface area contributed by atoms with Crippen molar-refractivity contribution < 1.29 is 0 Å². The molecule has 1 heteroatoms. The molecule has 0 bridgehead atoms. The predicted molar refractivity (Wildman–Crippen MR) is 72.9 cm³/mol. The second kappa shape index (κ2) is 14.8. The fourth-order valence-electron chi connectivity index (χ4n) is 1.83. The summed E-state index contributed by atoms with van der Waals surface area (Å²) in [6.45, 7) is 4.60. The Kier molecular flexibility index (Phi) is 15.6. The molecule has 0 aromatic heterocycles. The first-order valence-electron chi connectivity index (χ1n) is 7.12. The van der Waals surface area contributed by atoms with Gasteiger partial charge in [0.15, 0.2) is 0 Å². The van der Waals surface area contributed by atoms with Gasteiger partial charge in [-0.05, 0) is 0 Å². The molecule has 0 rings (SSSR count). The third-order valence-electron chi connectivity index (χ3n) is 2.91. The summed E-state index contributed by atoms with van der Waals surface area (Å²) in [4.78, 5) is 0. The molecule has 0 amide bonds. The Morgan fingerprint density at radius 2 is 0.933 bits per heavy atom. The van der Waals surface area contributed by atoms with Crippen molar-refractivity contribution in [2.75, 3.05) is 0 Å². The fourth-order valence-corrected chi connectivity index (χ4v) is 5.40. The van der Waals surface area contributed by atoms with Crippen molar-refractivity contribution in [2.45, 2.75) is 86.9 Å². The third kappa shape index (κ3) is 14.8.